The van der Waals surface area contributed by atoms with Gasteiger partial charge < -0.3 is 4.74 Å². The van der Waals surface area contributed by atoms with E-state index in [1.54, 1.807) is 5.57 Å². The summed E-state index contributed by atoms with van der Waals surface area (Å²) in [6.45, 7) is 5.96. The van der Waals surface area contributed by atoms with Crippen LogP contribution in [0.3, 0.4) is 0 Å². The van der Waals surface area contributed by atoms with Crippen molar-refractivity contribution < 1.29 is 19.1 Å². The summed E-state index contributed by atoms with van der Waals surface area (Å²) in [5.41, 5.74) is 1.76. The second-order valence-corrected chi connectivity index (χ2v) is 9.89. The Balaban J connectivity index is 1.58. The van der Waals surface area contributed by atoms with Gasteiger partial charge in [0, 0.05) is 25.7 Å². The van der Waals surface area contributed by atoms with Crippen LogP contribution >= 0.6 is 0 Å². The smallest absolute Gasteiger partial charge is 0.303 e. The summed E-state index contributed by atoms with van der Waals surface area (Å²) in [5, 5.41) is 0. The van der Waals surface area contributed by atoms with E-state index in [-0.39, 0.29) is 35.1 Å². The maximum atomic E-state index is 12.8. The van der Waals surface area contributed by atoms with Gasteiger partial charge in [-0.25, -0.2) is 0 Å². The first-order chi connectivity index (χ1) is 12.8. The summed E-state index contributed by atoms with van der Waals surface area (Å²) in [7, 11) is 0. The molecule has 0 aliphatic heterocycles. The molecule has 0 bridgehead atoms. The topological polar surface area (TPSA) is 60.4 Å². The number of ether oxygens (including phenoxy) is 1. The van der Waals surface area contributed by atoms with Crippen molar-refractivity contribution in [3.63, 3.8) is 0 Å². The molecule has 0 spiro atoms. The van der Waals surface area contributed by atoms with Crippen molar-refractivity contribution in [3.8, 4) is 0 Å². The minimum absolute atomic E-state index is 0.00175. The summed E-state index contributed by atoms with van der Waals surface area (Å²) in [6, 6.07) is 0. The number of carbonyl (C=O) groups excluding carboxylic acids is 3. The maximum absolute atomic E-state index is 12.8. The van der Waals surface area contributed by atoms with Crippen LogP contribution < -0.4 is 0 Å². The zero-order valence-electron chi connectivity index (χ0n) is 16.9. The molecule has 27 heavy (non-hydrogen) atoms. The van der Waals surface area contributed by atoms with Gasteiger partial charge >= 0.3 is 5.97 Å². The zero-order valence-corrected chi connectivity index (χ0v) is 16.9. The van der Waals surface area contributed by atoms with Gasteiger partial charge in [0.25, 0.3) is 0 Å². The number of rotatable bonds is 3. The van der Waals surface area contributed by atoms with Crippen molar-refractivity contribution >= 4 is 17.5 Å². The van der Waals surface area contributed by atoms with E-state index >= 15 is 0 Å². The summed E-state index contributed by atoms with van der Waals surface area (Å²) in [5.74, 6) is 1.76. The van der Waals surface area contributed by atoms with E-state index in [2.05, 4.69) is 19.9 Å². The van der Waals surface area contributed by atoms with E-state index in [4.69, 9.17) is 4.74 Å². The van der Waals surface area contributed by atoms with E-state index in [1.165, 1.54) is 6.92 Å². The van der Waals surface area contributed by atoms with Crippen molar-refractivity contribution in [2.45, 2.75) is 72.1 Å². The Morgan fingerprint density at radius 1 is 1.19 bits per heavy atom. The second-order valence-electron chi connectivity index (χ2n) is 9.89. The highest BCUT2D eigenvalue weighted by Crippen LogP contribution is 2.65. The lowest BCUT2D eigenvalue weighted by Crippen LogP contribution is -2.48. The number of hydrogen-bond donors (Lipinski definition) is 0. The molecule has 0 aromatic rings. The molecular weight excluding hydrogens is 340 g/mol. The van der Waals surface area contributed by atoms with Gasteiger partial charge in [-0.1, -0.05) is 25.5 Å². The molecule has 4 nitrogen and oxygen atoms in total. The third-order valence-electron chi connectivity index (χ3n) is 8.65. The highest BCUT2D eigenvalue weighted by Gasteiger charge is 2.58. The molecule has 0 heterocycles. The Morgan fingerprint density at radius 3 is 2.70 bits per heavy atom. The number of carbonyl (C=O) groups is 3. The van der Waals surface area contributed by atoms with Gasteiger partial charge in [-0.05, 0) is 67.1 Å². The van der Waals surface area contributed by atoms with Gasteiger partial charge in [-0.2, -0.15) is 0 Å². The molecule has 0 radical (unpaired) electrons. The monoisotopic (exact) mass is 372 g/mol. The Morgan fingerprint density at radius 2 is 1.96 bits per heavy atom. The summed E-state index contributed by atoms with van der Waals surface area (Å²) >= 11 is 0. The number of Topliss-reactive ketones (excluding diaryl/α,β-unsaturated/α-hetero) is 2. The van der Waals surface area contributed by atoms with Gasteiger partial charge in [0.15, 0.2) is 5.78 Å². The molecule has 3 fully saturated rings. The average Bonchev–Trinajstić information content (AvgIpc) is 2.97. The highest BCUT2D eigenvalue weighted by atomic mass is 16.5. The fraction of sp³-hybridized carbons (Fsp3) is 0.783. The quantitative estimate of drug-likeness (QED) is 0.548. The molecule has 0 N–H and O–H groups in total. The molecule has 4 heteroatoms. The third kappa shape index (κ3) is 2.91. The number of ketones is 2. The molecule has 4 rings (SSSR count). The molecule has 3 saturated carbocycles. The lowest BCUT2D eigenvalue weighted by molar-refractivity contribution is -0.148. The van der Waals surface area contributed by atoms with Crippen molar-refractivity contribution in [2.24, 2.45) is 34.5 Å². The molecule has 6 atom stereocenters. The van der Waals surface area contributed by atoms with Gasteiger partial charge in [0.2, 0.25) is 0 Å². The average molecular weight is 373 g/mol. The molecule has 0 amide bonds. The summed E-state index contributed by atoms with van der Waals surface area (Å²) < 4.78 is 5.01. The first-order valence-electron chi connectivity index (χ1n) is 10.6. The van der Waals surface area contributed by atoms with E-state index in [9.17, 15) is 14.4 Å². The Kier molecular flexibility index (Phi) is 4.59. The Labute approximate surface area is 162 Å². The first-order valence-corrected chi connectivity index (χ1v) is 10.6. The van der Waals surface area contributed by atoms with Gasteiger partial charge in [0.1, 0.15) is 12.4 Å². The van der Waals surface area contributed by atoms with Gasteiger partial charge in [-0.15, -0.1) is 0 Å². The van der Waals surface area contributed by atoms with E-state index in [0.29, 0.717) is 23.5 Å². The van der Waals surface area contributed by atoms with E-state index < -0.39 is 0 Å². The van der Waals surface area contributed by atoms with Crippen LogP contribution in [0, 0.1) is 34.5 Å². The van der Waals surface area contributed by atoms with Crippen LogP contribution in [-0.2, 0) is 19.1 Å². The number of hydrogen-bond acceptors (Lipinski definition) is 4. The molecule has 0 aromatic carbocycles. The fourth-order valence-electron chi connectivity index (χ4n) is 7.12. The molecule has 4 aliphatic rings. The number of fused-ring (bicyclic) bond motifs is 5. The first kappa shape index (κ1) is 18.9. The molecule has 0 aromatic heterocycles. The van der Waals surface area contributed by atoms with Gasteiger partial charge in [0.05, 0.1) is 0 Å². The van der Waals surface area contributed by atoms with Crippen molar-refractivity contribution in [2.75, 3.05) is 6.61 Å². The largest absolute Gasteiger partial charge is 0.458 e. The molecule has 148 valence electrons. The number of esters is 1. The minimum Gasteiger partial charge on any atom is -0.458 e. The maximum Gasteiger partial charge on any atom is 0.303 e. The van der Waals surface area contributed by atoms with Crippen molar-refractivity contribution in [1.82, 2.24) is 0 Å². The molecule has 0 saturated heterocycles. The summed E-state index contributed by atoms with van der Waals surface area (Å²) in [6.07, 6.45) is 10.2. The number of allylic oxidation sites excluding steroid dienone is 2. The predicted octanol–water partition coefficient (Wildman–Crippen LogP) is 4.27. The van der Waals surface area contributed by atoms with E-state index in [0.717, 1.165) is 51.4 Å². The lowest BCUT2D eigenvalue weighted by Gasteiger charge is -2.55. The van der Waals surface area contributed by atoms with Crippen molar-refractivity contribution in [1.29, 1.82) is 0 Å². The Hall–Kier alpha value is -1.45. The van der Waals surface area contributed by atoms with Crippen LogP contribution in [0.1, 0.15) is 72.1 Å². The van der Waals surface area contributed by atoms with Crippen molar-refractivity contribution in [3.05, 3.63) is 11.6 Å². The second kappa shape index (κ2) is 6.56. The SMILES string of the molecule is CC(=O)OCC(=O)[C@H]1CCC2C3CCC4CC(=O)CC[C@]4(C)C3=CC[C@@]21C. The van der Waals surface area contributed by atoms with Crippen LogP contribution in [0.4, 0.5) is 0 Å². The normalized spacial score (nSPS) is 43.2. The Bertz CT molecular complexity index is 707. The predicted molar refractivity (Wildman–Crippen MR) is 102 cm³/mol. The van der Waals surface area contributed by atoms with Crippen LogP contribution in [0.5, 0.6) is 0 Å². The van der Waals surface area contributed by atoms with Crippen LogP contribution in [0.25, 0.3) is 0 Å². The molecular formula is C23H32O4. The van der Waals surface area contributed by atoms with Crippen LogP contribution in [-0.4, -0.2) is 24.1 Å². The zero-order chi connectivity index (χ0) is 19.4. The van der Waals surface area contributed by atoms with Crippen LogP contribution in [0.15, 0.2) is 11.6 Å². The van der Waals surface area contributed by atoms with Gasteiger partial charge in [-0.3, -0.25) is 14.4 Å². The molecule has 4 aliphatic carbocycles. The highest BCUT2D eigenvalue weighted by molar-refractivity contribution is 5.85. The fourth-order valence-corrected chi connectivity index (χ4v) is 7.12. The standard InChI is InChI=1S/C23H32O4/c1-14(24)27-13-21(26)20-7-6-18-17-5-4-15-12-16(25)8-10-22(15,2)19(17)9-11-23(18,20)3/h9,15,17-18,20H,4-8,10-13H2,1-3H3/t15?,17?,18?,20-,22+,23+/m1/s1. The van der Waals surface area contributed by atoms with E-state index in [1.807, 2.05) is 0 Å². The summed E-state index contributed by atoms with van der Waals surface area (Å²) in [4.78, 5) is 35.8. The lowest BCUT2D eigenvalue weighted by atomic mass is 9.49. The minimum atomic E-state index is -0.382. The third-order valence-corrected chi connectivity index (χ3v) is 8.65. The molecule has 3 unspecified atom stereocenters. The van der Waals surface area contributed by atoms with Crippen LogP contribution in [0.2, 0.25) is 0 Å².